The summed E-state index contributed by atoms with van der Waals surface area (Å²) >= 11 is 3.55. The molecule has 1 N–H and O–H groups in total. The van der Waals surface area contributed by atoms with Gasteiger partial charge in [-0.25, -0.2) is 0 Å². The molecule has 15 heavy (non-hydrogen) atoms. The van der Waals surface area contributed by atoms with Crippen molar-refractivity contribution in [1.82, 2.24) is 5.32 Å². The Morgan fingerprint density at radius 2 is 2.33 bits per heavy atom. The molecule has 0 aliphatic carbocycles. The molecule has 0 amide bonds. The molecule has 3 heteroatoms. The number of anilines is 1. The largest absolute Gasteiger partial charge is 0.373 e. The van der Waals surface area contributed by atoms with Crippen molar-refractivity contribution in [2.24, 2.45) is 0 Å². The lowest BCUT2D eigenvalue weighted by Gasteiger charge is -2.22. The lowest BCUT2D eigenvalue weighted by atomic mass is 9.82. The number of hydrogen-bond acceptors (Lipinski definition) is 2. The summed E-state index contributed by atoms with van der Waals surface area (Å²) < 4.78 is 1.18. The zero-order valence-electron chi connectivity index (χ0n) is 8.89. The second-order valence-corrected chi connectivity index (χ2v) is 5.64. The van der Waals surface area contributed by atoms with E-state index in [9.17, 15) is 0 Å². The third-order valence-corrected chi connectivity index (χ3v) is 4.22. The SMILES string of the molecule is CN1CC2(CCNC2)c2ccc(Br)cc21. The first-order valence-electron chi connectivity index (χ1n) is 5.43. The zero-order chi connectivity index (χ0) is 10.5. The second kappa shape index (κ2) is 3.22. The Bertz CT molecular complexity index is 397. The summed E-state index contributed by atoms with van der Waals surface area (Å²) in [7, 11) is 2.19. The summed E-state index contributed by atoms with van der Waals surface area (Å²) in [4.78, 5) is 2.38. The Kier molecular flexibility index (Phi) is 2.08. The Balaban J connectivity index is 2.13. The van der Waals surface area contributed by atoms with E-state index in [-0.39, 0.29) is 0 Å². The van der Waals surface area contributed by atoms with Crippen LogP contribution < -0.4 is 10.2 Å². The molecular formula is C12H15BrN2. The van der Waals surface area contributed by atoms with Crippen molar-refractivity contribution in [3.63, 3.8) is 0 Å². The van der Waals surface area contributed by atoms with E-state index in [1.165, 1.54) is 22.1 Å². The van der Waals surface area contributed by atoms with Crippen molar-refractivity contribution in [3.05, 3.63) is 28.2 Å². The third kappa shape index (κ3) is 1.33. The molecule has 0 aromatic heterocycles. The van der Waals surface area contributed by atoms with Crippen molar-refractivity contribution in [1.29, 1.82) is 0 Å². The molecule has 1 spiro atoms. The van der Waals surface area contributed by atoms with Gasteiger partial charge in [-0.3, -0.25) is 0 Å². The molecule has 2 aliphatic rings. The molecule has 0 bridgehead atoms. The zero-order valence-corrected chi connectivity index (χ0v) is 10.5. The maximum atomic E-state index is 3.55. The highest BCUT2D eigenvalue weighted by Gasteiger charge is 2.43. The molecule has 2 nitrogen and oxygen atoms in total. The first-order chi connectivity index (χ1) is 7.21. The van der Waals surface area contributed by atoms with E-state index in [1.54, 1.807) is 0 Å². The summed E-state index contributed by atoms with van der Waals surface area (Å²) in [6.45, 7) is 3.45. The lowest BCUT2D eigenvalue weighted by Crippen LogP contribution is -2.33. The Hall–Kier alpha value is -0.540. The van der Waals surface area contributed by atoms with Gasteiger partial charge in [-0.2, -0.15) is 0 Å². The smallest absolute Gasteiger partial charge is 0.0414 e. The summed E-state index contributed by atoms with van der Waals surface area (Å²) in [6.07, 6.45) is 1.27. The van der Waals surface area contributed by atoms with Crippen LogP contribution in [0, 0.1) is 0 Å². The molecule has 1 saturated heterocycles. The van der Waals surface area contributed by atoms with Crippen LogP contribution in [-0.2, 0) is 5.41 Å². The Morgan fingerprint density at radius 3 is 3.07 bits per heavy atom. The van der Waals surface area contributed by atoms with Crippen LogP contribution in [-0.4, -0.2) is 26.7 Å². The number of nitrogens with zero attached hydrogens (tertiary/aromatic N) is 1. The monoisotopic (exact) mass is 266 g/mol. The van der Waals surface area contributed by atoms with E-state index in [1.807, 2.05) is 0 Å². The van der Waals surface area contributed by atoms with Crippen LogP contribution in [0.5, 0.6) is 0 Å². The number of likely N-dealkylation sites (N-methyl/N-ethyl adjacent to an activating group) is 1. The highest BCUT2D eigenvalue weighted by atomic mass is 79.9. The molecule has 1 aromatic rings. The number of nitrogens with one attached hydrogen (secondary N) is 1. The highest BCUT2D eigenvalue weighted by molar-refractivity contribution is 9.10. The number of fused-ring (bicyclic) bond motifs is 2. The molecule has 0 saturated carbocycles. The fourth-order valence-corrected chi connectivity index (χ4v) is 3.35. The van der Waals surface area contributed by atoms with Crippen LogP contribution in [0.15, 0.2) is 22.7 Å². The maximum absolute atomic E-state index is 3.55. The van der Waals surface area contributed by atoms with E-state index in [0.29, 0.717) is 5.41 Å². The highest BCUT2D eigenvalue weighted by Crippen LogP contribution is 2.44. The lowest BCUT2D eigenvalue weighted by molar-refractivity contribution is 0.504. The van der Waals surface area contributed by atoms with Gasteiger partial charge >= 0.3 is 0 Å². The van der Waals surface area contributed by atoms with Crippen LogP contribution in [0.2, 0.25) is 0 Å². The Labute approximate surface area is 98.8 Å². The standard InChI is InChI=1S/C12H15BrN2/c1-15-8-12(4-5-14-7-12)10-3-2-9(13)6-11(10)15/h2-3,6,14H,4-5,7-8H2,1H3. The first kappa shape index (κ1) is 9.67. The molecule has 2 heterocycles. The van der Waals surface area contributed by atoms with Gasteiger partial charge < -0.3 is 10.2 Å². The van der Waals surface area contributed by atoms with E-state index >= 15 is 0 Å². The Morgan fingerprint density at radius 1 is 1.47 bits per heavy atom. The fourth-order valence-electron chi connectivity index (χ4n) is 3.00. The van der Waals surface area contributed by atoms with Crippen LogP contribution in [0.4, 0.5) is 5.69 Å². The van der Waals surface area contributed by atoms with Crippen LogP contribution in [0.1, 0.15) is 12.0 Å². The molecule has 0 radical (unpaired) electrons. The van der Waals surface area contributed by atoms with E-state index in [4.69, 9.17) is 0 Å². The molecule has 80 valence electrons. The van der Waals surface area contributed by atoms with Crippen LogP contribution >= 0.6 is 15.9 Å². The van der Waals surface area contributed by atoms with Crippen molar-refractivity contribution >= 4 is 21.6 Å². The maximum Gasteiger partial charge on any atom is 0.0414 e. The fraction of sp³-hybridized carbons (Fsp3) is 0.500. The predicted octanol–water partition coefficient (Wildman–Crippen LogP) is 2.13. The van der Waals surface area contributed by atoms with Crippen molar-refractivity contribution in [2.75, 3.05) is 31.6 Å². The first-order valence-corrected chi connectivity index (χ1v) is 6.22. The van der Waals surface area contributed by atoms with Crippen LogP contribution in [0.25, 0.3) is 0 Å². The van der Waals surface area contributed by atoms with Gasteiger partial charge in [0.2, 0.25) is 0 Å². The van der Waals surface area contributed by atoms with Gasteiger partial charge in [0.05, 0.1) is 0 Å². The normalized spacial score (nSPS) is 28.8. The minimum Gasteiger partial charge on any atom is -0.373 e. The number of benzene rings is 1. The molecule has 1 atom stereocenters. The van der Waals surface area contributed by atoms with Gasteiger partial charge in [-0.05, 0) is 30.7 Å². The van der Waals surface area contributed by atoms with Crippen LogP contribution in [0.3, 0.4) is 0 Å². The minimum absolute atomic E-state index is 0.380. The van der Waals surface area contributed by atoms with Crippen molar-refractivity contribution in [3.8, 4) is 0 Å². The van der Waals surface area contributed by atoms with E-state index < -0.39 is 0 Å². The molecule has 1 fully saturated rings. The molecule has 3 rings (SSSR count). The summed E-state index contributed by atoms with van der Waals surface area (Å²) in [5.41, 5.74) is 3.30. The number of halogens is 1. The number of hydrogen-bond donors (Lipinski definition) is 1. The van der Waals surface area contributed by atoms with Gasteiger partial charge in [0.25, 0.3) is 0 Å². The summed E-state index contributed by atoms with van der Waals surface area (Å²) in [6, 6.07) is 6.69. The third-order valence-electron chi connectivity index (χ3n) is 3.73. The quantitative estimate of drug-likeness (QED) is 0.774. The summed E-state index contributed by atoms with van der Waals surface area (Å²) in [5.74, 6) is 0. The van der Waals surface area contributed by atoms with E-state index in [0.717, 1.165) is 19.6 Å². The van der Waals surface area contributed by atoms with Crippen molar-refractivity contribution in [2.45, 2.75) is 11.8 Å². The average Bonchev–Trinajstić information content (AvgIpc) is 2.76. The van der Waals surface area contributed by atoms with E-state index in [2.05, 4.69) is 51.4 Å². The molecular weight excluding hydrogens is 252 g/mol. The summed E-state index contributed by atoms with van der Waals surface area (Å²) in [5, 5.41) is 3.49. The minimum atomic E-state index is 0.380. The molecule has 2 aliphatic heterocycles. The van der Waals surface area contributed by atoms with Gasteiger partial charge in [0.15, 0.2) is 0 Å². The van der Waals surface area contributed by atoms with Gasteiger partial charge in [-0.15, -0.1) is 0 Å². The van der Waals surface area contributed by atoms with Gasteiger partial charge in [0.1, 0.15) is 0 Å². The van der Waals surface area contributed by atoms with Crippen molar-refractivity contribution < 1.29 is 0 Å². The second-order valence-electron chi connectivity index (χ2n) is 4.72. The topological polar surface area (TPSA) is 15.3 Å². The van der Waals surface area contributed by atoms with Gasteiger partial charge in [0, 0.05) is 35.7 Å². The average molecular weight is 267 g/mol. The predicted molar refractivity (Wildman–Crippen MR) is 66.6 cm³/mol. The molecule has 1 unspecified atom stereocenters. The van der Waals surface area contributed by atoms with Gasteiger partial charge in [-0.1, -0.05) is 22.0 Å². The number of rotatable bonds is 0. The molecule has 1 aromatic carbocycles.